The van der Waals surface area contributed by atoms with Crippen LogP contribution in [0.3, 0.4) is 0 Å². The molecule has 2 N–H and O–H groups in total. The van der Waals surface area contributed by atoms with Gasteiger partial charge in [-0.3, -0.25) is 0 Å². The van der Waals surface area contributed by atoms with Gasteiger partial charge in [-0.25, -0.2) is 4.98 Å². The van der Waals surface area contributed by atoms with Gasteiger partial charge in [-0.1, -0.05) is 30.3 Å². The van der Waals surface area contributed by atoms with E-state index in [0.717, 1.165) is 44.4 Å². The van der Waals surface area contributed by atoms with E-state index >= 15 is 0 Å². The van der Waals surface area contributed by atoms with E-state index in [0.29, 0.717) is 6.04 Å². The number of aromatic nitrogens is 1. The SMILES string of the molecule is NC(CCCc1ccccc1)CCCc1ncco1. The standard InChI is InChI=1S/C16H22N2O/c17-15(10-5-11-16-18-12-13-19-16)9-4-8-14-6-2-1-3-7-14/h1-3,6-7,12-13,15H,4-5,8-11,17H2. The van der Waals surface area contributed by atoms with Gasteiger partial charge in [-0.2, -0.15) is 0 Å². The van der Waals surface area contributed by atoms with Crippen molar-refractivity contribution in [2.24, 2.45) is 5.73 Å². The Morgan fingerprint density at radius 3 is 2.47 bits per heavy atom. The van der Waals surface area contributed by atoms with Crippen LogP contribution in [0.4, 0.5) is 0 Å². The Hall–Kier alpha value is -1.61. The maximum atomic E-state index is 6.13. The minimum Gasteiger partial charge on any atom is -0.449 e. The fraction of sp³-hybridized carbons (Fsp3) is 0.438. The van der Waals surface area contributed by atoms with Crippen LogP contribution in [0.2, 0.25) is 0 Å². The monoisotopic (exact) mass is 258 g/mol. The maximum absolute atomic E-state index is 6.13. The lowest BCUT2D eigenvalue weighted by atomic mass is 10.0. The van der Waals surface area contributed by atoms with Gasteiger partial charge in [0.25, 0.3) is 0 Å². The molecule has 102 valence electrons. The van der Waals surface area contributed by atoms with Crippen LogP contribution >= 0.6 is 0 Å². The molecule has 19 heavy (non-hydrogen) atoms. The molecular formula is C16H22N2O. The summed E-state index contributed by atoms with van der Waals surface area (Å²) in [6.07, 6.45) is 9.65. The molecule has 1 heterocycles. The highest BCUT2D eigenvalue weighted by Crippen LogP contribution is 2.10. The molecule has 0 aliphatic heterocycles. The lowest BCUT2D eigenvalue weighted by Gasteiger charge is -2.10. The van der Waals surface area contributed by atoms with Crippen LogP contribution < -0.4 is 5.73 Å². The Morgan fingerprint density at radius 1 is 1.05 bits per heavy atom. The normalized spacial score (nSPS) is 12.5. The Morgan fingerprint density at radius 2 is 1.79 bits per heavy atom. The second kappa shape index (κ2) is 7.74. The third kappa shape index (κ3) is 5.26. The smallest absolute Gasteiger partial charge is 0.193 e. The molecule has 0 saturated heterocycles. The van der Waals surface area contributed by atoms with Crippen LogP contribution in [0.15, 0.2) is 47.2 Å². The van der Waals surface area contributed by atoms with Crippen molar-refractivity contribution in [2.45, 2.75) is 44.6 Å². The summed E-state index contributed by atoms with van der Waals surface area (Å²) in [4.78, 5) is 4.11. The second-order valence-corrected chi connectivity index (χ2v) is 4.96. The number of nitrogens with two attached hydrogens (primary N) is 1. The fourth-order valence-electron chi connectivity index (χ4n) is 2.25. The minimum atomic E-state index is 0.290. The fourth-order valence-corrected chi connectivity index (χ4v) is 2.25. The van der Waals surface area contributed by atoms with Crippen LogP contribution in [-0.4, -0.2) is 11.0 Å². The van der Waals surface area contributed by atoms with Crippen LogP contribution in [0.25, 0.3) is 0 Å². The van der Waals surface area contributed by atoms with Gasteiger partial charge in [0.2, 0.25) is 0 Å². The van der Waals surface area contributed by atoms with E-state index in [-0.39, 0.29) is 0 Å². The van der Waals surface area contributed by atoms with Crippen molar-refractivity contribution in [2.75, 3.05) is 0 Å². The molecule has 0 aliphatic rings. The molecule has 2 aromatic rings. The first-order chi connectivity index (χ1) is 9.34. The first-order valence-corrected chi connectivity index (χ1v) is 7.02. The van der Waals surface area contributed by atoms with Gasteiger partial charge in [0.05, 0.1) is 6.20 Å². The van der Waals surface area contributed by atoms with Crippen LogP contribution in [0, 0.1) is 0 Å². The molecule has 1 aromatic heterocycles. The highest BCUT2D eigenvalue weighted by molar-refractivity contribution is 5.14. The second-order valence-electron chi connectivity index (χ2n) is 4.96. The van der Waals surface area contributed by atoms with Crippen LogP contribution in [0.1, 0.15) is 37.1 Å². The van der Waals surface area contributed by atoms with Gasteiger partial charge < -0.3 is 10.2 Å². The molecule has 3 nitrogen and oxygen atoms in total. The first kappa shape index (κ1) is 13.8. The molecule has 1 atom stereocenters. The van der Waals surface area contributed by atoms with Gasteiger partial charge in [0, 0.05) is 12.5 Å². The van der Waals surface area contributed by atoms with Crippen molar-refractivity contribution in [1.29, 1.82) is 0 Å². The highest BCUT2D eigenvalue weighted by atomic mass is 16.3. The van der Waals surface area contributed by atoms with E-state index in [4.69, 9.17) is 10.2 Å². The Labute approximate surface area is 114 Å². The van der Waals surface area contributed by atoms with E-state index < -0.39 is 0 Å². The molecule has 0 aliphatic carbocycles. The first-order valence-electron chi connectivity index (χ1n) is 7.02. The van der Waals surface area contributed by atoms with Gasteiger partial charge in [-0.15, -0.1) is 0 Å². The molecule has 3 heteroatoms. The van der Waals surface area contributed by atoms with E-state index in [1.165, 1.54) is 5.56 Å². The summed E-state index contributed by atoms with van der Waals surface area (Å²) in [5.74, 6) is 0.816. The number of aryl methyl sites for hydroxylation is 2. The number of hydrogen-bond acceptors (Lipinski definition) is 3. The summed E-state index contributed by atoms with van der Waals surface area (Å²) >= 11 is 0. The zero-order valence-corrected chi connectivity index (χ0v) is 11.3. The Kier molecular flexibility index (Phi) is 5.63. The largest absolute Gasteiger partial charge is 0.449 e. The average molecular weight is 258 g/mol. The summed E-state index contributed by atoms with van der Waals surface area (Å²) in [7, 11) is 0. The zero-order valence-electron chi connectivity index (χ0n) is 11.3. The van der Waals surface area contributed by atoms with Crippen molar-refractivity contribution >= 4 is 0 Å². The van der Waals surface area contributed by atoms with Gasteiger partial charge >= 0.3 is 0 Å². The zero-order chi connectivity index (χ0) is 13.3. The van der Waals surface area contributed by atoms with Crippen molar-refractivity contribution in [3.63, 3.8) is 0 Å². The highest BCUT2D eigenvalue weighted by Gasteiger charge is 2.04. The van der Waals surface area contributed by atoms with E-state index in [1.807, 2.05) is 0 Å². The molecular weight excluding hydrogens is 236 g/mol. The van der Waals surface area contributed by atoms with Crippen LogP contribution in [-0.2, 0) is 12.8 Å². The summed E-state index contributed by atoms with van der Waals surface area (Å²) in [5.41, 5.74) is 7.52. The predicted octanol–water partition coefficient (Wildman–Crippen LogP) is 3.35. The number of benzene rings is 1. The van der Waals surface area contributed by atoms with Gasteiger partial charge in [0.15, 0.2) is 5.89 Å². The molecule has 0 saturated carbocycles. The minimum absolute atomic E-state index is 0.290. The summed E-state index contributed by atoms with van der Waals surface area (Å²) in [6, 6.07) is 10.9. The van der Waals surface area contributed by atoms with Gasteiger partial charge in [0.1, 0.15) is 6.26 Å². The molecule has 0 radical (unpaired) electrons. The lowest BCUT2D eigenvalue weighted by molar-refractivity contribution is 0.463. The van der Waals surface area contributed by atoms with Crippen molar-refractivity contribution in [3.05, 3.63) is 54.2 Å². The maximum Gasteiger partial charge on any atom is 0.193 e. The Balaban J connectivity index is 1.56. The number of hydrogen-bond donors (Lipinski definition) is 1. The van der Waals surface area contributed by atoms with Crippen molar-refractivity contribution < 1.29 is 4.42 Å². The number of rotatable bonds is 8. The molecule has 2 rings (SSSR count). The van der Waals surface area contributed by atoms with E-state index in [2.05, 4.69) is 35.3 Å². The molecule has 1 unspecified atom stereocenters. The Bertz CT molecular complexity index is 439. The molecule has 0 bridgehead atoms. The number of oxazole rings is 1. The van der Waals surface area contributed by atoms with Crippen molar-refractivity contribution in [3.8, 4) is 0 Å². The molecule has 0 amide bonds. The molecule has 0 fully saturated rings. The van der Waals surface area contributed by atoms with E-state index in [9.17, 15) is 0 Å². The predicted molar refractivity (Wildman–Crippen MR) is 76.8 cm³/mol. The van der Waals surface area contributed by atoms with Crippen molar-refractivity contribution in [1.82, 2.24) is 4.98 Å². The lowest BCUT2D eigenvalue weighted by Crippen LogP contribution is -2.20. The third-order valence-electron chi connectivity index (χ3n) is 3.33. The summed E-state index contributed by atoms with van der Waals surface area (Å²) in [5, 5.41) is 0. The topological polar surface area (TPSA) is 52.0 Å². The van der Waals surface area contributed by atoms with Crippen LogP contribution in [0.5, 0.6) is 0 Å². The number of nitrogens with zero attached hydrogens (tertiary/aromatic N) is 1. The van der Waals surface area contributed by atoms with Gasteiger partial charge in [-0.05, 0) is 37.7 Å². The molecule has 1 aromatic carbocycles. The quantitative estimate of drug-likeness (QED) is 0.790. The molecule has 0 spiro atoms. The third-order valence-corrected chi connectivity index (χ3v) is 3.33. The average Bonchev–Trinajstić information content (AvgIpc) is 2.93. The van der Waals surface area contributed by atoms with E-state index in [1.54, 1.807) is 12.5 Å². The summed E-state index contributed by atoms with van der Waals surface area (Å²) < 4.78 is 5.20. The summed E-state index contributed by atoms with van der Waals surface area (Å²) in [6.45, 7) is 0.